The van der Waals surface area contributed by atoms with Gasteiger partial charge in [0.15, 0.2) is 0 Å². The lowest BCUT2D eigenvalue weighted by atomic mass is 10.2. The van der Waals surface area contributed by atoms with Crippen molar-refractivity contribution in [2.45, 2.75) is 25.8 Å². The Bertz CT molecular complexity index is 320. The number of halogens is 1. The Labute approximate surface area is 122 Å². The summed E-state index contributed by atoms with van der Waals surface area (Å²) in [6.07, 6.45) is 2.16. The summed E-state index contributed by atoms with van der Waals surface area (Å²) >= 11 is 5.28. The SMILES string of the molecule is CCCNC(COCCOC)Cc1cc(Br)cs1. The number of nitrogens with one attached hydrogen (secondary N) is 1. The van der Waals surface area contributed by atoms with Gasteiger partial charge in [-0.3, -0.25) is 0 Å². The normalized spacial score (nSPS) is 12.8. The number of rotatable bonds is 10. The van der Waals surface area contributed by atoms with E-state index in [1.54, 1.807) is 18.4 Å². The molecule has 0 bridgehead atoms. The van der Waals surface area contributed by atoms with E-state index in [4.69, 9.17) is 9.47 Å². The third kappa shape index (κ3) is 6.85. The van der Waals surface area contributed by atoms with Crippen LogP contribution < -0.4 is 5.32 Å². The van der Waals surface area contributed by atoms with Gasteiger partial charge in [0, 0.05) is 27.9 Å². The second-order valence-corrected chi connectivity index (χ2v) is 6.07. The molecule has 0 fully saturated rings. The molecule has 18 heavy (non-hydrogen) atoms. The fraction of sp³-hybridized carbons (Fsp3) is 0.692. The van der Waals surface area contributed by atoms with Gasteiger partial charge in [0.2, 0.25) is 0 Å². The fourth-order valence-electron chi connectivity index (χ4n) is 1.61. The topological polar surface area (TPSA) is 30.5 Å². The second-order valence-electron chi connectivity index (χ2n) is 4.15. The third-order valence-electron chi connectivity index (χ3n) is 2.50. The van der Waals surface area contributed by atoms with E-state index in [-0.39, 0.29) is 0 Å². The van der Waals surface area contributed by atoms with Gasteiger partial charge in [-0.05, 0) is 41.4 Å². The number of hydrogen-bond donors (Lipinski definition) is 1. The third-order valence-corrected chi connectivity index (χ3v) is 4.22. The lowest BCUT2D eigenvalue weighted by Gasteiger charge is -2.17. The molecule has 1 rings (SSSR count). The van der Waals surface area contributed by atoms with Crippen molar-refractivity contribution >= 4 is 27.3 Å². The predicted octanol–water partition coefficient (Wildman–Crippen LogP) is 3.08. The Morgan fingerprint density at radius 1 is 1.44 bits per heavy atom. The van der Waals surface area contributed by atoms with Crippen LogP contribution in [0.25, 0.3) is 0 Å². The van der Waals surface area contributed by atoms with E-state index in [1.165, 1.54) is 4.88 Å². The first kappa shape index (κ1) is 16.1. The zero-order valence-electron chi connectivity index (χ0n) is 11.1. The number of methoxy groups -OCH3 is 1. The van der Waals surface area contributed by atoms with Gasteiger partial charge < -0.3 is 14.8 Å². The van der Waals surface area contributed by atoms with Crippen molar-refractivity contribution in [3.05, 3.63) is 20.8 Å². The lowest BCUT2D eigenvalue weighted by Crippen LogP contribution is -2.36. The monoisotopic (exact) mass is 335 g/mol. The van der Waals surface area contributed by atoms with Crippen LogP contribution in [-0.2, 0) is 15.9 Å². The summed E-state index contributed by atoms with van der Waals surface area (Å²) in [6.45, 7) is 5.27. The zero-order valence-corrected chi connectivity index (χ0v) is 13.5. The van der Waals surface area contributed by atoms with Gasteiger partial charge >= 0.3 is 0 Å². The molecule has 0 aliphatic heterocycles. The Morgan fingerprint density at radius 2 is 2.28 bits per heavy atom. The molecule has 0 aliphatic carbocycles. The van der Waals surface area contributed by atoms with Crippen molar-refractivity contribution < 1.29 is 9.47 Å². The van der Waals surface area contributed by atoms with Crippen LogP contribution in [0.1, 0.15) is 18.2 Å². The molecule has 1 N–H and O–H groups in total. The molecule has 0 aromatic carbocycles. The van der Waals surface area contributed by atoms with Crippen molar-refractivity contribution in [3.63, 3.8) is 0 Å². The highest BCUT2D eigenvalue weighted by Gasteiger charge is 2.10. The van der Waals surface area contributed by atoms with Crippen molar-refractivity contribution in [1.29, 1.82) is 0 Å². The molecule has 0 saturated heterocycles. The van der Waals surface area contributed by atoms with Crippen molar-refractivity contribution in [2.24, 2.45) is 0 Å². The van der Waals surface area contributed by atoms with E-state index in [0.717, 1.165) is 30.5 Å². The Hall–Kier alpha value is 0.0600. The molecule has 1 unspecified atom stereocenters. The van der Waals surface area contributed by atoms with Crippen LogP contribution in [0, 0.1) is 0 Å². The minimum absolute atomic E-state index is 0.382. The standard InChI is InChI=1S/C13H22BrNO2S/c1-3-4-15-12(9-17-6-5-16-2)8-13-7-11(14)10-18-13/h7,10,12,15H,3-6,8-9H2,1-2H3. The van der Waals surface area contributed by atoms with Crippen LogP contribution >= 0.6 is 27.3 Å². The molecule has 0 saturated carbocycles. The zero-order chi connectivity index (χ0) is 13.2. The van der Waals surface area contributed by atoms with E-state index in [1.807, 2.05) is 0 Å². The quantitative estimate of drug-likeness (QED) is 0.666. The van der Waals surface area contributed by atoms with Crippen molar-refractivity contribution in [3.8, 4) is 0 Å². The van der Waals surface area contributed by atoms with Crippen LogP contribution in [0.15, 0.2) is 15.9 Å². The Balaban J connectivity index is 2.34. The molecule has 1 aromatic rings. The van der Waals surface area contributed by atoms with Gasteiger partial charge in [0.05, 0.1) is 19.8 Å². The summed E-state index contributed by atoms with van der Waals surface area (Å²) in [5.74, 6) is 0. The first-order chi connectivity index (χ1) is 8.76. The molecule has 1 aromatic heterocycles. The van der Waals surface area contributed by atoms with Gasteiger partial charge in [0.25, 0.3) is 0 Å². The number of ether oxygens (including phenoxy) is 2. The molecular weight excluding hydrogens is 314 g/mol. The van der Waals surface area contributed by atoms with E-state index >= 15 is 0 Å². The molecule has 0 aliphatic rings. The lowest BCUT2D eigenvalue weighted by molar-refractivity contribution is 0.0588. The summed E-state index contributed by atoms with van der Waals surface area (Å²) in [7, 11) is 1.69. The molecule has 0 spiro atoms. The molecule has 3 nitrogen and oxygen atoms in total. The van der Waals surface area contributed by atoms with Gasteiger partial charge in [-0.25, -0.2) is 0 Å². The summed E-state index contributed by atoms with van der Waals surface area (Å²) in [4.78, 5) is 1.38. The van der Waals surface area contributed by atoms with Crippen LogP contribution in [0.5, 0.6) is 0 Å². The molecular formula is C13H22BrNO2S. The highest BCUT2D eigenvalue weighted by Crippen LogP contribution is 2.21. The molecule has 0 radical (unpaired) electrons. The summed E-state index contributed by atoms with van der Waals surface area (Å²) in [6, 6.07) is 2.56. The molecule has 1 heterocycles. The van der Waals surface area contributed by atoms with Crippen LogP contribution in [0.2, 0.25) is 0 Å². The summed E-state index contributed by atoms with van der Waals surface area (Å²) < 4.78 is 11.8. The van der Waals surface area contributed by atoms with Gasteiger partial charge in [-0.15, -0.1) is 11.3 Å². The molecule has 1 atom stereocenters. The summed E-state index contributed by atoms with van der Waals surface area (Å²) in [5, 5.41) is 5.65. The van der Waals surface area contributed by atoms with E-state index in [2.05, 4.69) is 39.6 Å². The smallest absolute Gasteiger partial charge is 0.0701 e. The van der Waals surface area contributed by atoms with Crippen LogP contribution in [0.4, 0.5) is 0 Å². The Kier molecular flexibility index (Phi) is 8.88. The van der Waals surface area contributed by atoms with E-state index in [9.17, 15) is 0 Å². The molecule has 5 heteroatoms. The minimum Gasteiger partial charge on any atom is -0.382 e. The fourth-order valence-corrected chi connectivity index (χ4v) is 3.14. The van der Waals surface area contributed by atoms with E-state index in [0.29, 0.717) is 19.3 Å². The molecule has 104 valence electrons. The predicted molar refractivity (Wildman–Crippen MR) is 80.5 cm³/mol. The first-order valence-electron chi connectivity index (χ1n) is 6.29. The van der Waals surface area contributed by atoms with Crippen molar-refractivity contribution in [1.82, 2.24) is 5.32 Å². The highest BCUT2D eigenvalue weighted by molar-refractivity contribution is 9.10. The number of hydrogen-bond acceptors (Lipinski definition) is 4. The maximum Gasteiger partial charge on any atom is 0.0701 e. The van der Waals surface area contributed by atoms with E-state index < -0.39 is 0 Å². The highest BCUT2D eigenvalue weighted by atomic mass is 79.9. The average molecular weight is 336 g/mol. The van der Waals surface area contributed by atoms with Crippen LogP contribution in [-0.4, -0.2) is 39.5 Å². The number of thiophene rings is 1. The minimum atomic E-state index is 0.382. The van der Waals surface area contributed by atoms with Crippen molar-refractivity contribution in [2.75, 3.05) is 33.5 Å². The largest absolute Gasteiger partial charge is 0.382 e. The van der Waals surface area contributed by atoms with Gasteiger partial charge in [-0.2, -0.15) is 0 Å². The maximum absolute atomic E-state index is 5.62. The van der Waals surface area contributed by atoms with Gasteiger partial charge in [0.1, 0.15) is 0 Å². The average Bonchev–Trinajstić information content (AvgIpc) is 2.77. The Morgan fingerprint density at radius 3 is 2.89 bits per heavy atom. The second kappa shape index (κ2) is 9.92. The van der Waals surface area contributed by atoms with Gasteiger partial charge in [-0.1, -0.05) is 6.92 Å². The maximum atomic E-state index is 5.62. The summed E-state index contributed by atoms with van der Waals surface area (Å²) in [5.41, 5.74) is 0. The first-order valence-corrected chi connectivity index (χ1v) is 7.96. The molecule has 0 amide bonds. The van der Waals surface area contributed by atoms with Crippen LogP contribution in [0.3, 0.4) is 0 Å².